The Kier molecular flexibility index (Phi) is 5.42. The Balaban J connectivity index is 1.88. The lowest BCUT2D eigenvalue weighted by molar-refractivity contribution is -0.123. The highest BCUT2D eigenvalue weighted by Crippen LogP contribution is 2.25. The second kappa shape index (κ2) is 7.53. The van der Waals surface area contributed by atoms with Gasteiger partial charge in [0.1, 0.15) is 6.23 Å². The van der Waals surface area contributed by atoms with Gasteiger partial charge in [-0.2, -0.15) is 0 Å². The summed E-state index contributed by atoms with van der Waals surface area (Å²) in [7, 11) is -3.86. The molecule has 8 heteroatoms. The first-order chi connectivity index (χ1) is 13.5. The van der Waals surface area contributed by atoms with Crippen molar-refractivity contribution in [3.05, 3.63) is 54.7 Å². The Hall–Kier alpha value is -2.84. The Morgan fingerprint density at radius 3 is 2.41 bits per heavy atom. The minimum atomic E-state index is -3.86. The van der Waals surface area contributed by atoms with E-state index in [9.17, 15) is 18.3 Å². The van der Waals surface area contributed by atoms with Crippen molar-refractivity contribution >= 4 is 38.2 Å². The number of fused-ring (bicyclic) bond motifs is 1. The van der Waals surface area contributed by atoms with Crippen molar-refractivity contribution in [3.63, 3.8) is 0 Å². The summed E-state index contributed by atoms with van der Waals surface area (Å²) in [4.78, 5) is 12.2. The van der Waals surface area contributed by atoms with Crippen LogP contribution < -0.4 is 10.0 Å². The molecule has 0 fully saturated rings. The topological polar surface area (TPSA) is 100 Å². The predicted molar refractivity (Wildman–Crippen MR) is 114 cm³/mol. The highest BCUT2D eigenvalue weighted by molar-refractivity contribution is 7.92. The molecule has 3 aromatic rings. The lowest BCUT2D eigenvalue weighted by Gasteiger charge is -2.18. The summed E-state index contributed by atoms with van der Waals surface area (Å²) in [6.45, 7) is 7.01. The zero-order chi connectivity index (χ0) is 21.4. The van der Waals surface area contributed by atoms with Gasteiger partial charge in [0, 0.05) is 17.3 Å². The number of nitrogens with one attached hydrogen (secondary N) is 2. The van der Waals surface area contributed by atoms with E-state index in [1.807, 2.05) is 6.07 Å². The first-order valence-corrected chi connectivity index (χ1v) is 10.7. The first kappa shape index (κ1) is 20.9. The van der Waals surface area contributed by atoms with E-state index >= 15 is 0 Å². The molecule has 0 aliphatic carbocycles. The van der Waals surface area contributed by atoms with Crippen LogP contribution in [-0.4, -0.2) is 24.0 Å². The zero-order valence-corrected chi connectivity index (χ0v) is 17.6. The SMILES string of the molecule is CC(O)n1ccc2ccc(S(=O)(=O)Nc3cccc(NC(=O)C(C)(C)C)c3)cc21. The summed E-state index contributed by atoms with van der Waals surface area (Å²) in [5, 5.41) is 13.5. The van der Waals surface area contributed by atoms with Gasteiger partial charge in [0.25, 0.3) is 10.0 Å². The predicted octanol–water partition coefficient (Wildman–Crippen LogP) is 3.94. The smallest absolute Gasteiger partial charge is 0.261 e. The van der Waals surface area contributed by atoms with Crippen LogP contribution in [0.4, 0.5) is 11.4 Å². The monoisotopic (exact) mass is 415 g/mol. The van der Waals surface area contributed by atoms with Gasteiger partial charge in [0.15, 0.2) is 0 Å². The van der Waals surface area contributed by atoms with E-state index < -0.39 is 21.7 Å². The number of hydrogen-bond acceptors (Lipinski definition) is 4. The number of carbonyl (C=O) groups is 1. The summed E-state index contributed by atoms with van der Waals surface area (Å²) in [5.74, 6) is -0.165. The largest absolute Gasteiger partial charge is 0.374 e. The fourth-order valence-corrected chi connectivity index (χ4v) is 3.88. The van der Waals surface area contributed by atoms with Gasteiger partial charge >= 0.3 is 0 Å². The van der Waals surface area contributed by atoms with Crippen molar-refractivity contribution in [1.29, 1.82) is 0 Å². The maximum absolute atomic E-state index is 12.9. The average Bonchev–Trinajstić information content (AvgIpc) is 3.04. The Morgan fingerprint density at radius 2 is 1.76 bits per heavy atom. The third kappa shape index (κ3) is 4.60. The maximum Gasteiger partial charge on any atom is 0.261 e. The summed E-state index contributed by atoms with van der Waals surface area (Å²) >= 11 is 0. The number of amides is 1. The van der Waals surface area contributed by atoms with E-state index in [0.717, 1.165) is 5.39 Å². The molecule has 3 rings (SSSR count). The first-order valence-electron chi connectivity index (χ1n) is 9.20. The van der Waals surface area contributed by atoms with Crippen molar-refractivity contribution in [3.8, 4) is 0 Å². The van der Waals surface area contributed by atoms with Gasteiger partial charge in [-0.3, -0.25) is 9.52 Å². The van der Waals surface area contributed by atoms with E-state index in [2.05, 4.69) is 10.0 Å². The van der Waals surface area contributed by atoms with Crippen molar-refractivity contribution in [2.75, 3.05) is 10.0 Å². The Labute approximate surface area is 170 Å². The number of rotatable bonds is 5. The lowest BCUT2D eigenvalue weighted by Crippen LogP contribution is -2.27. The molecule has 29 heavy (non-hydrogen) atoms. The van der Waals surface area contributed by atoms with Crippen molar-refractivity contribution in [2.45, 2.75) is 38.8 Å². The van der Waals surface area contributed by atoms with Crippen LogP contribution in [0.2, 0.25) is 0 Å². The molecule has 1 heterocycles. The molecule has 7 nitrogen and oxygen atoms in total. The molecule has 154 valence electrons. The van der Waals surface area contributed by atoms with Crippen molar-refractivity contribution < 1.29 is 18.3 Å². The third-order valence-electron chi connectivity index (χ3n) is 4.46. The Bertz CT molecular complexity index is 1160. The van der Waals surface area contributed by atoms with Crippen molar-refractivity contribution in [1.82, 2.24) is 4.57 Å². The third-order valence-corrected chi connectivity index (χ3v) is 5.84. The number of hydrogen-bond donors (Lipinski definition) is 3. The van der Waals surface area contributed by atoms with Crippen LogP contribution >= 0.6 is 0 Å². The number of aliphatic hydroxyl groups excluding tert-OH is 1. The lowest BCUT2D eigenvalue weighted by atomic mass is 9.95. The second-order valence-electron chi connectivity index (χ2n) is 7.97. The molecular formula is C21H25N3O4S. The highest BCUT2D eigenvalue weighted by atomic mass is 32.2. The average molecular weight is 416 g/mol. The molecule has 0 aliphatic rings. The highest BCUT2D eigenvalue weighted by Gasteiger charge is 2.21. The normalized spacial score (nSPS) is 13.3. The van der Waals surface area contributed by atoms with Gasteiger partial charge in [0.05, 0.1) is 16.1 Å². The fraction of sp³-hybridized carbons (Fsp3) is 0.286. The van der Waals surface area contributed by atoms with Gasteiger partial charge in [-0.25, -0.2) is 8.42 Å². The molecule has 0 saturated heterocycles. The van der Waals surface area contributed by atoms with Crippen molar-refractivity contribution in [2.24, 2.45) is 5.41 Å². The maximum atomic E-state index is 12.9. The standard InChI is InChI=1S/C21H25N3O4S/c1-14(25)24-11-10-15-8-9-18(13-19(15)24)29(27,28)23-17-7-5-6-16(12-17)22-20(26)21(2,3)4/h5-14,23,25H,1-4H3,(H,22,26). The summed E-state index contributed by atoms with van der Waals surface area (Å²) < 4.78 is 29.9. The summed E-state index contributed by atoms with van der Waals surface area (Å²) in [6.07, 6.45) is 0.932. The number of nitrogens with zero attached hydrogens (tertiary/aromatic N) is 1. The van der Waals surface area contributed by atoms with E-state index in [1.54, 1.807) is 68.8 Å². The number of sulfonamides is 1. The van der Waals surface area contributed by atoms with E-state index in [0.29, 0.717) is 16.9 Å². The molecule has 1 atom stereocenters. The number of carbonyl (C=O) groups excluding carboxylic acids is 1. The number of aromatic nitrogens is 1. The van der Waals surface area contributed by atoms with E-state index in [4.69, 9.17) is 0 Å². The quantitative estimate of drug-likeness (QED) is 0.588. The molecule has 0 bridgehead atoms. The van der Waals surface area contributed by atoms with E-state index in [1.165, 1.54) is 12.1 Å². The van der Waals surface area contributed by atoms with E-state index in [-0.39, 0.29) is 10.8 Å². The number of aliphatic hydroxyl groups is 1. The summed E-state index contributed by atoms with van der Waals surface area (Å²) in [6, 6.07) is 13.1. The molecule has 3 N–H and O–H groups in total. The molecule has 1 unspecified atom stereocenters. The molecule has 1 aromatic heterocycles. The van der Waals surface area contributed by atoms with Gasteiger partial charge in [-0.15, -0.1) is 0 Å². The molecule has 1 amide bonds. The fourth-order valence-electron chi connectivity index (χ4n) is 2.82. The van der Waals surface area contributed by atoms with Crippen LogP contribution in [0.5, 0.6) is 0 Å². The molecule has 2 aromatic carbocycles. The summed E-state index contributed by atoms with van der Waals surface area (Å²) in [5.41, 5.74) is 0.893. The molecule has 0 radical (unpaired) electrons. The minimum absolute atomic E-state index is 0.0785. The number of anilines is 2. The van der Waals surface area contributed by atoms with Gasteiger partial charge in [0.2, 0.25) is 5.91 Å². The minimum Gasteiger partial charge on any atom is -0.374 e. The van der Waals surface area contributed by atoms with Crippen LogP contribution in [0.3, 0.4) is 0 Å². The van der Waals surface area contributed by atoms with Gasteiger partial charge in [-0.1, -0.05) is 32.9 Å². The van der Waals surface area contributed by atoms with Gasteiger partial charge < -0.3 is 15.0 Å². The van der Waals surface area contributed by atoms with Crippen LogP contribution in [0.15, 0.2) is 59.6 Å². The zero-order valence-electron chi connectivity index (χ0n) is 16.8. The van der Waals surface area contributed by atoms with Crippen LogP contribution in [0, 0.1) is 5.41 Å². The molecule has 0 saturated carbocycles. The molecule has 0 spiro atoms. The van der Waals surface area contributed by atoms with Gasteiger partial charge in [-0.05, 0) is 48.7 Å². The molecule has 0 aliphatic heterocycles. The molecular weight excluding hydrogens is 390 g/mol. The second-order valence-corrected chi connectivity index (χ2v) is 9.65. The number of benzene rings is 2. The van der Waals surface area contributed by atoms with Crippen LogP contribution in [0.25, 0.3) is 10.9 Å². The van der Waals surface area contributed by atoms with Crippen LogP contribution in [-0.2, 0) is 14.8 Å². The van der Waals surface area contributed by atoms with Crippen LogP contribution in [0.1, 0.15) is 33.9 Å². The Morgan fingerprint density at radius 1 is 1.07 bits per heavy atom.